The van der Waals surface area contributed by atoms with Gasteiger partial charge >= 0.3 is 23.9 Å². The molecule has 56 heavy (non-hydrogen) atoms. The normalized spacial score (nSPS) is 21.8. The summed E-state index contributed by atoms with van der Waals surface area (Å²) in [6.07, 6.45) is -11.1. The standard InChI is InChI=1S/C34H24O22/c35-10-1-6-15(23(43)19(10)39)16-7(2-11(36)20(40)24(16)44)31(48)54-27-14(5-52-30(6)47)53-34(51)29-28(27)55-32(49)8-3-12(37)21(41)25(45)17(8)18-9(33(50)56-29)4-13(38)22(42)26(18)46/h1-4,14,27-29,34-46,51H,5H2/t14-,27-,28-,29-,34+/m1/s1. The lowest BCUT2D eigenvalue weighted by atomic mass is 9.91. The van der Waals surface area contributed by atoms with E-state index in [9.17, 15) is 85.6 Å². The van der Waals surface area contributed by atoms with Crippen molar-refractivity contribution in [1.29, 1.82) is 0 Å². The molecule has 0 saturated carbocycles. The van der Waals surface area contributed by atoms with E-state index in [1.165, 1.54) is 0 Å². The van der Waals surface area contributed by atoms with Crippen LogP contribution in [0.5, 0.6) is 69.0 Å². The number of aliphatic hydroxyl groups is 1. The minimum Gasteiger partial charge on any atom is -0.504 e. The summed E-state index contributed by atoms with van der Waals surface area (Å²) in [5.41, 5.74) is -7.76. The molecular formula is C34H24O22. The van der Waals surface area contributed by atoms with Crippen molar-refractivity contribution < 1.29 is 109 Å². The van der Waals surface area contributed by atoms with E-state index in [2.05, 4.69) is 0 Å². The molecule has 22 nitrogen and oxygen atoms in total. The highest BCUT2D eigenvalue weighted by molar-refractivity contribution is 6.10. The lowest BCUT2D eigenvalue weighted by Crippen LogP contribution is -2.62. The number of carbonyl (C=O) groups is 4. The number of rotatable bonds is 0. The molecule has 0 unspecified atom stereocenters. The summed E-state index contributed by atoms with van der Waals surface area (Å²) in [5, 5.41) is 137. The second kappa shape index (κ2) is 12.7. The maximum atomic E-state index is 14.1. The smallest absolute Gasteiger partial charge is 0.339 e. The van der Waals surface area contributed by atoms with E-state index in [4.69, 9.17) is 23.7 Å². The number of hydrogen-bond acceptors (Lipinski definition) is 22. The van der Waals surface area contributed by atoms with Crippen LogP contribution in [-0.2, 0) is 23.7 Å². The van der Waals surface area contributed by atoms with Gasteiger partial charge in [0.2, 0.25) is 23.0 Å². The van der Waals surface area contributed by atoms with E-state index in [0.717, 1.165) is 0 Å². The molecule has 0 aromatic heterocycles. The fourth-order valence-electron chi connectivity index (χ4n) is 6.46. The van der Waals surface area contributed by atoms with E-state index in [-0.39, 0.29) is 0 Å². The first kappa shape index (κ1) is 36.6. The summed E-state index contributed by atoms with van der Waals surface area (Å²) in [6.45, 7) is -1.08. The van der Waals surface area contributed by atoms with Crippen LogP contribution in [0.4, 0.5) is 0 Å². The number of phenols is 12. The molecule has 1 saturated heterocycles. The molecule has 0 amide bonds. The highest BCUT2D eigenvalue weighted by atomic mass is 16.7. The van der Waals surface area contributed by atoms with Crippen molar-refractivity contribution >= 4 is 23.9 Å². The van der Waals surface area contributed by atoms with Crippen molar-refractivity contribution in [2.45, 2.75) is 30.7 Å². The molecule has 292 valence electrons. The van der Waals surface area contributed by atoms with Gasteiger partial charge in [-0.05, 0) is 24.3 Å². The fourth-order valence-corrected chi connectivity index (χ4v) is 6.46. The van der Waals surface area contributed by atoms with E-state index in [0.29, 0.717) is 24.3 Å². The zero-order valence-corrected chi connectivity index (χ0v) is 27.4. The zero-order valence-electron chi connectivity index (χ0n) is 27.4. The van der Waals surface area contributed by atoms with Gasteiger partial charge in [0.15, 0.2) is 70.6 Å². The van der Waals surface area contributed by atoms with Gasteiger partial charge in [0.25, 0.3) is 0 Å². The molecule has 0 bridgehead atoms. The molecule has 22 heteroatoms. The Labute approximate surface area is 308 Å². The lowest BCUT2D eigenvalue weighted by molar-refractivity contribution is -0.284. The third-order valence-electron chi connectivity index (χ3n) is 9.11. The molecule has 7 rings (SSSR count). The van der Waals surface area contributed by atoms with Crippen LogP contribution in [0.3, 0.4) is 0 Å². The first-order valence-corrected chi connectivity index (χ1v) is 15.6. The highest BCUT2D eigenvalue weighted by Gasteiger charge is 2.54. The average molecular weight is 785 g/mol. The van der Waals surface area contributed by atoms with E-state index >= 15 is 0 Å². The summed E-state index contributed by atoms with van der Waals surface area (Å²) < 4.78 is 27.2. The second-order valence-electron chi connectivity index (χ2n) is 12.3. The Kier molecular flexibility index (Phi) is 8.31. The van der Waals surface area contributed by atoms with Crippen molar-refractivity contribution in [3.8, 4) is 91.2 Å². The molecule has 3 heterocycles. The minimum atomic E-state index is -2.40. The van der Waals surface area contributed by atoms with Gasteiger partial charge in [0.05, 0.1) is 22.3 Å². The molecule has 13 N–H and O–H groups in total. The third kappa shape index (κ3) is 5.34. The van der Waals surface area contributed by atoms with Crippen molar-refractivity contribution in [2.24, 2.45) is 0 Å². The summed E-state index contributed by atoms with van der Waals surface area (Å²) in [5.74, 6) is -21.9. The van der Waals surface area contributed by atoms with E-state index in [1.807, 2.05) is 0 Å². The van der Waals surface area contributed by atoms with Gasteiger partial charge in [-0.15, -0.1) is 0 Å². The number of benzene rings is 4. The van der Waals surface area contributed by atoms with Gasteiger partial charge in [-0.1, -0.05) is 0 Å². The van der Waals surface area contributed by atoms with Gasteiger partial charge in [-0.3, -0.25) is 0 Å². The Morgan fingerprint density at radius 3 is 1.07 bits per heavy atom. The predicted molar refractivity (Wildman–Crippen MR) is 173 cm³/mol. The topological polar surface area (TPSA) is 377 Å². The van der Waals surface area contributed by atoms with Gasteiger partial charge in [-0.25, -0.2) is 19.2 Å². The van der Waals surface area contributed by atoms with Crippen molar-refractivity contribution in [2.75, 3.05) is 6.61 Å². The molecule has 5 atom stereocenters. The van der Waals surface area contributed by atoms with Crippen LogP contribution >= 0.6 is 0 Å². The first-order valence-electron chi connectivity index (χ1n) is 15.6. The number of hydrogen-bond donors (Lipinski definition) is 13. The van der Waals surface area contributed by atoms with Crippen LogP contribution < -0.4 is 0 Å². The monoisotopic (exact) mass is 784 g/mol. The van der Waals surface area contributed by atoms with Gasteiger partial charge < -0.3 is 90.1 Å². The molecule has 0 radical (unpaired) electrons. The maximum absolute atomic E-state index is 14.1. The molecule has 0 aliphatic carbocycles. The van der Waals surface area contributed by atoms with Crippen molar-refractivity contribution in [3.63, 3.8) is 0 Å². The van der Waals surface area contributed by atoms with Crippen molar-refractivity contribution in [3.05, 3.63) is 46.5 Å². The largest absolute Gasteiger partial charge is 0.504 e. The molecule has 4 aromatic carbocycles. The molecular weight excluding hydrogens is 760 g/mol. The van der Waals surface area contributed by atoms with Crippen LogP contribution in [0.25, 0.3) is 22.3 Å². The molecule has 3 aliphatic heterocycles. The quantitative estimate of drug-likeness (QED) is 0.0661. The van der Waals surface area contributed by atoms with Gasteiger partial charge in [0, 0.05) is 22.3 Å². The Bertz CT molecular complexity index is 2440. The number of phenolic OH excluding ortho intramolecular Hbond substituents is 12. The Balaban J connectivity index is 1.44. The zero-order chi connectivity index (χ0) is 40.8. The number of ether oxygens (including phenoxy) is 5. The van der Waals surface area contributed by atoms with Crippen LogP contribution in [0.1, 0.15) is 41.4 Å². The highest BCUT2D eigenvalue weighted by Crippen LogP contribution is 2.55. The van der Waals surface area contributed by atoms with Crippen molar-refractivity contribution in [1.82, 2.24) is 0 Å². The second-order valence-corrected chi connectivity index (χ2v) is 12.3. The molecule has 3 aliphatic rings. The summed E-state index contributed by atoms with van der Waals surface area (Å²) in [6, 6.07) is 1.96. The van der Waals surface area contributed by atoms with Crippen LogP contribution in [0, 0.1) is 0 Å². The number of carbonyl (C=O) groups excluding carboxylic acids is 4. The molecule has 0 spiro atoms. The lowest BCUT2D eigenvalue weighted by Gasteiger charge is -2.43. The Morgan fingerprint density at radius 1 is 0.411 bits per heavy atom. The Hall–Kier alpha value is -7.72. The van der Waals surface area contributed by atoms with Gasteiger partial charge in [0.1, 0.15) is 12.7 Å². The number of aromatic hydroxyl groups is 12. The number of cyclic esters (lactones) is 1. The first-order chi connectivity index (χ1) is 26.3. The maximum Gasteiger partial charge on any atom is 0.339 e. The fraction of sp³-hybridized carbons (Fsp3) is 0.176. The summed E-state index contributed by atoms with van der Waals surface area (Å²) in [4.78, 5) is 55.3. The summed E-state index contributed by atoms with van der Waals surface area (Å²) in [7, 11) is 0. The predicted octanol–water partition coefficient (Wildman–Crippen LogP) is 0.665. The Morgan fingerprint density at radius 2 is 0.714 bits per heavy atom. The van der Waals surface area contributed by atoms with Gasteiger partial charge in [-0.2, -0.15) is 0 Å². The number of fused-ring (bicyclic) bond motifs is 9. The van der Waals surface area contributed by atoms with Crippen LogP contribution in [0.15, 0.2) is 24.3 Å². The number of esters is 4. The SMILES string of the molecule is O=C1OC[C@H]2O[C@H](O)[C@@H]3OC(=O)c4cc(O)c(O)c(O)c4-c4c(cc(O)c(O)c4O)C(=O)O[C@@H]3[C@@H]2OC(=O)c2cc(O)c(O)c(O)c2-c2c1cc(O)c(O)c2O. The minimum absolute atomic E-state index is 0.465. The third-order valence-corrected chi connectivity index (χ3v) is 9.11. The number of aliphatic hydroxyl groups excluding tert-OH is 1. The van der Waals surface area contributed by atoms with E-state index < -0.39 is 175 Å². The van der Waals surface area contributed by atoms with Crippen LogP contribution in [0.2, 0.25) is 0 Å². The average Bonchev–Trinajstić information content (AvgIpc) is 3.16. The van der Waals surface area contributed by atoms with E-state index in [1.54, 1.807) is 0 Å². The summed E-state index contributed by atoms with van der Waals surface area (Å²) >= 11 is 0. The molecule has 1 fully saturated rings. The van der Waals surface area contributed by atoms with Crippen LogP contribution in [-0.4, -0.2) is 128 Å². The molecule has 4 aromatic rings.